The molecule has 11 aromatic rings. The molecule has 0 spiro atoms. The lowest BCUT2D eigenvalue weighted by molar-refractivity contribution is 0.619. The Hall–Kier alpha value is -6.92. The third-order valence-corrected chi connectivity index (χ3v) is 9.68. The zero-order chi connectivity index (χ0) is 32.8. The van der Waals surface area contributed by atoms with Gasteiger partial charge in [-0.3, -0.25) is 0 Å². The Balaban J connectivity index is 1.07. The SMILES string of the molecule is c1ccc2oc(-c3ccc4c(c3)c3cc(-c5nc6ccccc6o5)ccc3n4-c3ccc(-c4ccc5c(c4)oc4ccccc45)cc3)nc2c1. The molecule has 0 saturated heterocycles. The van der Waals surface area contributed by atoms with Crippen molar-refractivity contribution >= 4 is 65.9 Å². The Bertz CT molecular complexity index is 2910. The van der Waals surface area contributed by atoms with E-state index in [9.17, 15) is 0 Å². The van der Waals surface area contributed by atoms with Crippen LogP contribution in [0.2, 0.25) is 0 Å². The van der Waals surface area contributed by atoms with Gasteiger partial charge in [0, 0.05) is 38.4 Å². The second-order valence-electron chi connectivity index (χ2n) is 12.6. The molecule has 0 bridgehead atoms. The number of benzene rings is 7. The molecule has 11 rings (SSSR count). The van der Waals surface area contributed by atoms with Gasteiger partial charge in [-0.05, 0) is 102 Å². The Morgan fingerprint density at radius 1 is 0.360 bits per heavy atom. The summed E-state index contributed by atoms with van der Waals surface area (Å²) in [6.07, 6.45) is 0. The third kappa shape index (κ3) is 4.09. The van der Waals surface area contributed by atoms with E-state index in [1.54, 1.807) is 0 Å². The molecule has 234 valence electrons. The molecule has 0 aliphatic carbocycles. The van der Waals surface area contributed by atoms with E-state index in [1.807, 2.05) is 66.7 Å². The van der Waals surface area contributed by atoms with Gasteiger partial charge < -0.3 is 17.8 Å². The van der Waals surface area contributed by atoms with Crippen molar-refractivity contribution in [3.05, 3.63) is 152 Å². The van der Waals surface area contributed by atoms with E-state index in [0.717, 1.165) is 93.9 Å². The maximum Gasteiger partial charge on any atom is 0.227 e. The molecule has 50 heavy (non-hydrogen) atoms. The fourth-order valence-electron chi connectivity index (χ4n) is 7.27. The molecule has 4 heterocycles. The molecule has 6 heteroatoms. The van der Waals surface area contributed by atoms with Crippen LogP contribution in [0.15, 0.2) is 165 Å². The zero-order valence-corrected chi connectivity index (χ0v) is 26.5. The minimum Gasteiger partial charge on any atom is -0.456 e. The van der Waals surface area contributed by atoms with Crippen LogP contribution in [0.5, 0.6) is 0 Å². The lowest BCUT2D eigenvalue weighted by Gasteiger charge is -2.10. The van der Waals surface area contributed by atoms with E-state index in [4.69, 9.17) is 23.2 Å². The molecule has 0 saturated carbocycles. The van der Waals surface area contributed by atoms with Gasteiger partial charge in [0.2, 0.25) is 11.8 Å². The Kier molecular flexibility index (Phi) is 5.57. The summed E-state index contributed by atoms with van der Waals surface area (Å²) in [6, 6.07) is 51.9. The number of para-hydroxylation sites is 5. The van der Waals surface area contributed by atoms with Gasteiger partial charge >= 0.3 is 0 Å². The summed E-state index contributed by atoms with van der Waals surface area (Å²) < 4.78 is 20.9. The molecule has 0 amide bonds. The van der Waals surface area contributed by atoms with Crippen molar-refractivity contribution in [3.8, 4) is 39.7 Å². The average Bonchev–Trinajstić information content (AvgIpc) is 3.95. The molecular formula is C44H25N3O3. The predicted molar refractivity (Wildman–Crippen MR) is 200 cm³/mol. The Labute approximate surface area is 284 Å². The lowest BCUT2D eigenvalue weighted by atomic mass is 10.0. The van der Waals surface area contributed by atoms with Gasteiger partial charge in [-0.25, -0.2) is 9.97 Å². The number of rotatable bonds is 4. The van der Waals surface area contributed by atoms with E-state index in [0.29, 0.717) is 11.8 Å². The van der Waals surface area contributed by atoms with Crippen LogP contribution in [-0.4, -0.2) is 14.5 Å². The zero-order valence-electron chi connectivity index (χ0n) is 26.5. The number of nitrogens with zero attached hydrogens (tertiary/aromatic N) is 3. The van der Waals surface area contributed by atoms with E-state index >= 15 is 0 Å². The summed E-state index contributed by atoms with van der Waals surface area (Å²) in [5.74, 6) is 1.18. The van der Waals surface area contributed by atoms with E-state index in [2.05, 4.69) is 89.5 Å². The first-order valence-corrected chi connectivity index (χ1v) is 16.6. The smallest absolute Gasteiger partial charge is 0.227 e. The van der Waals surface area contributed by atoms with Crippen molar-refractivity contribution < 1.29 is 13.3 Å². The highest BCUT2D eigenvalue weighted by molar-refractivity contribution is 6.11. The van der Waals surface area contributed by atoms with Crippen molar-refractivity contribution in [3.63, 3.8) is 0 Å². The first kappa shape index (κ1) is 27.1. The summed E-state index contributed by atoms with van der Waals surface area (Å²) in [5.41, 5.74) is 12.3. The van der Waals surface area contributed by atoms with E-state index in [1.165, 1.54) is 0 Å². The van der Waals surface area contributed by atoms with E-state index in [-0.39, 0.29) is 0 Å². The molecule has 4 aromatic heterocycles. The summed E-state index contributed by atoms with van der Waals surface area (Å²) in [4.78, 5) is 9.58. The van der Waals surface area contributed by atoms with Crippen LogP contribution in [-0.2, 0) is 0 Å². The van der Waals surface area contributed by atoms with Crippen LogP contribution in [0.25, 0.3) is 106 Å². The van der Waals surface area contributed by atoms with Crippen molar-refractivity contribution in [2.24, 2.45) is 0 Å². The van der Waals surface area contributed by atoms with Crippen LogP contribution in [0.4, 0.5) is 0 Å². The fraction of sp³-hybridized carbons (Fsp3) is 0. The number of aromatic nitrogens is 3. The highest BCUT2D eigenvalue weighted by Crippen LogP contribution is 2.39. The van der Waals surface area contributed by atoms with Crippen molar-refractivity contribution in [1.82, 2.24) is 14.5 Å². The molecule has 7 aromatic carbocycles. The maximum absolute atomic E-state index is 6.18. The highest BCUT2D eigenvalue weighted by Gasteiger charge is 2.18. The Morgan fingerprint density at radius 2 is 0.880 bits per heavy atom. The molecule has 0 aliphatic heterocycles. The van der Waals surface area contributed by atoms with Crippen LogP contribution in [0.1, 0.15) is 0 Å². The molecule has 0 unspecified atom stereocenters. The maximum atomic E-state index is 6.18. The molecule has 0 N–H and O–H groups in total. The quantitative estimate of drug-likeness (QED) is 0.191. The van der Waals surface area contributed by atoms with Gasteiger partial charge in [-0.1, -0.05) is 60.7 Å². The van der Waals surface area contributed by atoms with Crippen LogP contribution >= 0.6 is 0 Å². The van der Waals surface area contributed by atoms with Gasteiger partial charge in [0.15, 0.2) is 11.2 Å². The van der Waals surface area contributed by atoms with Gasteiger partial charge in [0.1, 0.15) is 22.2 Å². The highest BCUT2D eigenvalue weighted by atomic mass is 16.4. The number of hydrogen-bond donors (Lipinski definition) is 0. The third-order valence-electron chi connectivity index (χ3n) is 9.68. The first-order chi connectivity index (χ1) is 24.7. The summed E-state index contributed by atoms with van der Waals surface area (Å²) >= 11 is 0. The number of oxazole rings is 2. The topological polar surface area (TPSA) is 70.1 Å². The number of furan rings is 1. The second kappa shape index (κ2) is 10.3. The summed E-state index contributed by atoms with van der Waals surface area (Å²) in [5, 5.41) is 4.42. The van der Waals surface area contributed by atoms with Crippen molar-refractivity contribution in [2.75, 3.05) is 0 Å². The molecule has 0 radical (unpaired) electrons. The van der Waals surface area contributed by atoms with Crippen LogP contribution < -0.4 is 0 Å². The summed E-state index contributed by atoms with van der Waals surface area (Å²) in [7, 11) is 0. The minimum atomic E-state index is 0.592. The summed E-state index contributed by atoms with van der Waals surface area (Å²) in [6.45, 7) is 0. The second-order valence-corrected chi connectivity index (χ2v) is 12.6. The molecule has 0 atom stereocenters. The molecule has 6 nitrogen and oxygen atoms in total. The Morgan fingerprint density at radius 3 is 1.50 bits per heavy atom. The normalized spacial score (nSPS) is 12.0. The monoisotopic (exact) mass is 643 g/mol. The number of hydrogen-bond acceptors (Lipinski definition) is 5. The fourth-order valence-corrected chi connectivity index (χ4v) is 7.27. The van der Waals surface area contributed by atoms with Gasteiger partial charge in [0.25, 0.3) is 0 Å². The number of fused-ring (bicyclic) bond motifs is 8. The predicted octanol–water partition coefficient (Wildman–Crippen LogP) is 12.0. The van der Waals surface area contributed by atoms with Gasteiger partial charge in [-0.2, -0.15) is 0 Å². The molecular weight excluding hydrogens is 619 g/mol. The van der Waals surface area contributed by atoms with E-state index < -0.39 is 0 Å². The minimum absolute atomic E-state index is 0.592. The van der Waals surface area contributed by atoms with Crippen molar-refractivity contribution in [1.29, 1.82) is 0 Å². The largest absolute Gasteiger partial charge is 0.456 e. The van der Waals surface area contributed by atoms with Crippen LogP contribution in [0, 0.1) is 0 Å². The lowest BCUT2D eigenvalue weighted by Crippen LogP contribution is -1.94. The molecule has 0 fully saturated rings. The first-order valence-electron chi connectivity index (χ1n) is 16.6. The molecule has 0 aliphatic rings. The van der Waals surface area contributed by atoms with Crippen molar-refractivity contribution in [2.45, 2.75) is 0 Å². The van der Waals surface area contributed by atoms with Crippen LogP contribution in [0.3, 0.4) is 0 Å². The van der Waals surface area contributed by atoms with Gasteiger partial charge in [-0.15, -0.1) is 0 Å². The average molecular weight is 644 g/mol. The standard InChI is InChI=1S/C44H25N3O3/c1-4-10-39-31(7-1)32-20-15-27(25-42(32)48-39)26-13-18-30(19-14-26)47-37-21-16-28(43-45-35-8-2-5-11-40(35)49-43)23-33(37)34-24-29(17-22-38(34)47)44-46-36-9-3-6-12-41(36)50-44/h1-25H. The van der Waals surface area contributed by atoms with Gasteiger partial charge in [0.05, 0.1) is 11.0 Å².